The lowest BCUT2D eigenvalue weighted by Crippen LogP contribution is -2.39. The van der Waals surface area contributed by atoms with Crippen LogP contribution in [0, 0.1) is 12.0 Å². The maximum Gasteiger partial charge on any atom is 0.426 e. The fraction of sp³-hybridized carbons (Fsp3) is 0.389. The number of carboxylic acids is 1. The van der Waals surface area contributed by atoms with Crippen molar-refractivity contribution in [2.45, 2.75) is 37.6 Å². The van der Waals surface area contributed by atoms with E-state index >= 15 is 0 Å². The molecule has 0 aliphatic rings. The summed E-state index contributed by atoms with van der Waals surface area (Å²) in [6.07, 6.45) is -5.38. The fourth-order valence-corrected chi connectivity index (χ4v) is 4.41. The molecule has 1 unspecified atom stereocenters. The van der Waals surface area contributed by atoms with Gasteiger partial charge < -0.3 is 14.6 Å². The monoisotopic (exact) mass is 514 g/mol. The van der Waals surface area contributed by atoms with Crippen molar-refractivity contribution in [1.82, 2.24) is 0 Å². The fourth-order valence-electron chi connectivity index (χ4n) is 3.77. The molecule has 1 rings (SSSR count). The number of carbonyl (C=O) groups excluding carboxylic acids is 2. The predicted octanol–water partition coefficient (Wildman–Crippen LogP) is -2.60. The highest BCUT2D eigenvalue weighted by molar-refractivity contribution is 7.85. The van der Waals surface area contributed by atoms with Gasteiger partial charge in [0, 0.05) is 0 Å². The van der Waals surface area contributed by atoms with Gasteiger partial charge in [0.05, 0.1) is 17.0 Å². The summed E-state index contributed by atoms with van der Waals surface area (Å²) in [6.45, 7) is 0. The Morgan fingerprint density at radius 1 is 0.914 bits per heavy atom. The summed E-state index contributed by atoms with van der Waals surface area (Å²) >= 11 is 0. The lowest BCUT2D eigenvalue weighted by Gasteiger charge is -2.22. The Morgan fingerprint density at radius 3 is 1.74 bits per heavy atom. The second-order valence-corrected chi connectivity index (χ2v) is 8.68. The van der Waals surface area contributed by atoms with E-state index in [-0.39, 0.29) is 17.4 Å². The van der Waals surface area contributed by atoms with Gasteiger partial charge in [0.25, 0.3) is 10.1 Å². The molecule has 1 atom stereocenters. The lowest BCUT2D eigenvalue weighted by molar-refractivity contribution is -0.211. The minimum absolute atomic E-state index is 0.267. The highest BCUT2D eigenvalue weighted by Gasteiger charge is 2.45. The van der Waals surface area contributed by atoms with Crippen LogP contribution in [0.3, 0.4) is 0 Å². The molecule has 9 nitrogen and oxygen atoms in total. The minimum atomic E-state index is -5.33. The molecule has 0 heterocycles. The molecule has 0 spiro atoms. The van der Waals surface area contributed by atoms with Gasteiger partial charge in [-0.25, -0.2) is 14.4 Å². The van der Waals surface area contributed by atoms with Crippen molar-refractivity contribution in [3.8, 4) is 12.0 Å². The largest absolute Gasteiger partial charge is 0.478 e. The molecule has 0 fully saturated rings. The number of benzene rings is 1. The highest BCUT2D eigenvalue weighted by Crippen LogP contribution is 2.30. The first-order chi connectivity index (χ1) is 16.1. The average molecular weight is 514 g/mol. The number of rotatable bonds is 9. The average Bonchev–Trinajstić information content (AvgIpc) is 2.74. The van der Waals surface area contributed by atoms with Crippen molar-refractivity contribution < 1.29 is 55.1 Å². The SMILES string of the molecule is BCc1c(CB)c(CB)c(C(=O)OC#CC(=O)OC(CS(=O)(=O)O)C(F)(F)F)c(C(=O)O)c1CB. The van der Waals surface area contributed by atoms with Crippen LogP contribution in [0.15, 0.2) is 0 Å². The topological polar surface area (TPSA) is 144 Å². The molecular formula is C18H21B4F3O9S. The van der Waals surface area contributed by atoms with Crippen molar-refractivity contribution in [2.75, 3.05) is 5.75 Å². The summed E-state index contributed by atoms with van der Waals surface area (Å²) in [5.74, 6) is -4.98. The van der Waals surface area contributed by atoms with Crippen LogP contribution < -0.4 is 0 Å². The summed E-state index contributed by atoms with van der Waals surface area (Å²) in [4.78, 5) is 36.5. The van der Waals surface area contributed by atoms with Gasteiger partial charge in [-0.3, -0.25) is 4.55 Å². The molecule has 186 valence electrons. The highest BCUT2D eigenvalue weighted by atomic mass is 32.2. The van der Waals surface area contributed by atoms with Crippen LogP contribution in [0.25, 0.3) is 0 Å². The van der Waals surface area contributed by atoms with Gasteiger partial charge in [-0.05, 0) is 22.3 Å². The van der Waals surface area contributed by atoms with Crippen molar-refractivity contribution >= 4 is 59.4 Å². The summed E-state index contributed by atoms with van der Waals surface area (Å²) in [5.41, 5.74) is 1.87. The van der Waals surface area contributed by atoms with E-state index in [0.717, 1.165) is 11.1 Å². The molecule has 1 aromatic carbocycles. The second kappa shape index (κ2) is 12.2. The Kier molecular flexibility index (Phi) is 10.5. The van der Waals surface area contributed by atoms with Gasteiger partial charge in [-0.1, -0.05) is 25.3 Å². The number of hydrogen-bond acceptors (Lipinski definition) is 7. The predicted molar refractivity (Wildman–Crippen MR) is 128 cm³/mol. The molecule has 1 aromatic rings. The van der Waals surface area contributed by atoms with Crippen LogP contribution in [-0.4, -0.2) is 85.4 Å². The first-order valence-electron chi connectivity index (χ1n) is 10.5. The van der Waals surface area contributed by atoms with Crippen LogP contribution >= 0.6 is 0 Å². The second-order valence-electron chi connectivity index (χ2n) is 7.18. The third kappa shape index (κ3) is 7.83. The molecule has 0 aliphatic heterocycles. The molecule has 0 radical (unpaired) electrons. The zero-order valence-corrected chi connectivity index (χ0v) is 20.2. The summed E-state index contributed by atoms with van der Waals surface area (Å²) in [5, 5.41) is 9.82. The molecule has 35 heavy (non-hydrogen) atoms. The smallest absolute Gasteiger partial charge is 0.426 e. The number of esters is 2. The van der Waals surface area contributed by atoms with Crippen LogP contribution in [-0.2, 0) is 49.7 Å². The number of carbonyl (C=O) groups is 3. The van der Waals surface area contributed by atoms with Gasteiger partial charge in [0.15, 0.2) is 0 Å². The van der Waals surface area contributed by atoms with Crippen molar-refractivity contribution in [3.05, 3.63) is 33.4 Å². The number of alkyl halides is 3. The quantitative estimate of drug-likeness (QED) is 0.157. The first kappa shape index (κ1) is 30.2. The molecule has 0 amide bonds. The Hall–Kier alpha value is -2.85. The molecule has 17 heteroatoms. The zero-order chi connectivity index (χ0) is 27.1. The molecule has 0 saturated carbocycles. The maximum absolute atomic E-state index is 12.8. The molecule has 0 bridgehead atoms. The first-order valence-corrected chi connectivity index (χ1v) is 12.1. The van der Waals surface area contributed by atoms with E-state index in [1.165, 1.54) is 5.92 Å². The molecule has 0 aliphatic carbocycles. The molecular weight excluding hydrogens is 492 g/mol. The number of halogens is 3. The summed E-state index contributed by atoms with van der Waals surface area (Å²) in [6, 6.07) is 0. The van der Waals surface area contributed by atoms with Gasteiger partial charge in [0.2, 0.25) is 6.10 Å². The standard InChI is InChI=1S/C18H21B4F3O9S/c19-3-8-9(4-20)11(6-22)15(14(16(27)28)10(8)5-21)17(29)33-2-1-13(26)34-12(18(23,24)25)7-35(30,31)32/h12H,3-7,19-22H2,(H,27,28)(H,30,31,32). The molecule has 2 N–H and O–H groups in total. The Bertz CT molecular complexity index is 1170. The number of hydrogen-bond donors (Lipinski definition) is 2. The van der Waals surface area contributed by atoms with E-state index in [2.05, 4.69) is 9.47 Å². The van der Waals surface area contributed by atoms with Crippen LogP contribution in [0.2, 0.25) is 0 Å². The third-order valence-corrected chi connectivity index (χ3v) is 5.78. The Balaban J connectivity index is 3.39. The Labute approximate surface area is 203 Å². The third-order valence-electron chi connectivity index (χ3n) is 5.05. The van der Waals surface area contributed by atoms with Gasteiger partial charge in [0.1, 0.15) is 43.2 Å². The van der Waals surface area contributed by atoms with Gasteiger partial charge >= 0.3 is 24.1 Å². The van der Waals surface area contributed by atoms with Crippen LogP contribution in [0.1, 0.15) is 43.0 Å². The van der Waals surface area contributed by atoms with E-state index in [0.29, 0.717) is 30.1 Å². The van der Waals surface area contributed by atoms with E-state index < -0.39 is 46.1 Å². The summed E-state index contributed by atoms with van der Waals surface area (Å²) in [7, 11) is 1.97. The summed E-state index contributed by atoms with van der Waals surface area (Å²) < 4.78 is 77.2. The maximum atomic E-state index is 12.8. The van der Waals surface area contributed by atoms with Crippen molar-refractivity contribution in [3.63, 3.8) is 0 Å². The molecule has 0 aromatic heterocycles. The number of aromatic carboxylic acids is 1. The van der Waals surface area contributed by atoms with E-state index in [1.807, 2.05) is 15.7 Å². The Morgan fingerprint density at radius 2 is 1.37 bits per heavy atom. The van der Waals surface area contributed by atoms with E-state index in [4.69, 9.17) is 4.55 Å². The lowest BCUT2D eigenvalue weighted by atomic mass is 9.72. The van der Waals surface area contributed by atoms with Crippen molar-refractivity contribution in [1.29, 1.82) is 0 Å². The normalized spacial score (nSPS) is 12.2. The molecule has 0 saturated heterocycles. The van der Waals surface area contributed by atoms with Crippen molar-refractivity contribution in [2.24, 2.45) is 0 Å². The number of ether oxygens (including phenoxy) is 2. The van der Waals surface area contributed by atoms with E-state index in [9.17, 15) is 41.1 Å². The van der Waals surface area contributed by atoms with Crippen LogP contribution in [0.5, 0.6) is 0 Å². The minimum Gasteiger partial charge on any atom is -0.478 e. The van der Waals surface area contributed by atoms with Gasteiger partial charge in [-0.2, -0.15) is 21.6 Å². The zero-order valence-electron chi connectivity index (χ0n) is 19.4. The van der Waals surface area contributed by atoms with Gasteiger partial charge in [-0.15, -0.1) is 0 Å². The van der Waals surface area contributed by atoms with E-state index in [1.54, 1.807) is 21.8 Å². The van der Waals surface area contributed by atoms with Crippen LogP contribution in [0.4, 0.5) is 13.2 Å². The number of carboxylic acid groups (broad SMARTS) is 1.